The molecule has 1 aromatic carbocycles. The first-order valence-corrected chi connectivity index (χ1v) is 10.9. The van der Waals surface area contributed by atoms with Gasteiger partial charge in [-0.1, -0.05) is 30.3 Å². The summed E-state index contributed by atoms with van der Waals surface area (Å²) in [5.41, 5.74) is 1.74. The minimum absolute atomic E-state index is 0.0457. The van der Waals surface area contributed by atoms with Gasteiger partial charge in [0.2, 0.25) is 11.8 Å². The van der Waals surface area contributed by atoms with Crippen LogP contribution in [-0.4, -0.2) is 64.7 Å². The summed E-state index contributed by atoms with van der Waals surface area (Å²) in [7, 11) is 0. The lowest BCUT2D eigenvalue weighted by Crippen LogP contribution is -2.48. The fraction of sp³-hybridized carbons (Fsp3) is 0.417. The van der Waals surface area contributed by atoms with Gasteiger partial charge in [0, 0.05) is 51.0 Å². The molecule has 1 N–H and O–H groups in total. The Hall–Kier alpha value is -3.22. The summed E-state index contributed by atoms with van der Waals surface area (Å²) in [5, 5.41) is 3.03. The highest BCUT2D eigenvalue weighted by Crippen LogP contribution is 2.23. The van der Waals surface area contributed by atoms with Crippen LogP contribution in [0.3, 0.4) is 0 Å². The van der Waals surface area contributed by atoms with Crippen molar-refractivity contribution < 1.29 is 14.4 Å². The van der Waals surface area contributed by atoms with Crippen molar-refractivity contribution in [3.63, 3.8) is 0 Å². The Morgan fingerprint density at radius 1 is 1.06 bits per heavy atom. The number of rotatable bonds is 6. The number of pyridine rings is 1. The molecule has 2 aliphatic heterocycles. The molecule has 0 radical (unpaired) electrons. The Morgan fingerprint density at radius 2 is 1.84 bits per heavy atom. The van der Waals surface area contributed by atoms with Gasteiger partial charge < -0.3 is 15.1 Å². The molecule has 1 aromatic heterocycles. The number of benzene rings is 1. The van der Waals surface area contributed by atoms with E-state index in [-0.39, 0.29) is 29.7 Å². The molecule has 4 rings (SSSR count). The largest absolute Gasteiger partial charge is 0.349 e. The first-order chi connectivity index (χ1) is 15.1. The van der Waals surface area contributed by atoms with Crippen molar-refractivity contribution in [1.29, 1.82) is 0 Å². The molecule has 7 nitrogen and oxygen atoms in total. The molecule has 0 saturated carbocycles. The zero-order valence-corrected chi connectivity index (χ0v) is 17.6. The van der Waals surface area contributed by atoms with E-state index in [1.54, 1.807) is 24.5 Å². The van der Waals surface area contributed by atoms with Gasteiger partial charge in [-0.05, 0) is 37.0 Å². The normalized spacial score (nSPS) is 19.5. The Labute approximate surface area is 182 Å². The number of carbonyl (C=O) groups excluding carboxylic acids is 3. The molecule has 31 heavy (non-hydrogen) atoms. The number of aromatic nitrogens is 1. The van der Waals surface area contributed by atoms with Crippen LogP contribution in [0.5, 0.6) is 0 Å². The zero-order valence-electron chi connectivity index (χ0n) is 17.6. The van der Waals surface area contributed by atoms with Gasteiger partial charge in [-0.2, -0.15) is 0 Å². The standard InChI is InChI=1S/C24H28N4O3/c29-22-15-20(17-28(22)12-8-18-5-2-1-3-6-18)24(31)27-13-9-21(10-14-27)26-23(30)19-7-4-11-25-16-19/h1-7,11,16,20-21H,8-10,12-15,17H2,(H,26,30). The van der Waals surface area contributed by atoms with Gasteiger partial charge in [-0.3, -0.25) is 19.4 Å². The lowest BCUT2D eigenvalue weighted by Gasteiger charge is -2.33. The van der Waals surface area contributed by atoms with Gasteiger partial charge in [0.05, 0.1) is 11.5 Å². The van der Waals surface area contributed by atoms with Gasteiger partial charge in [-0.15, -0.1) is 0 Å². The van der Waals surface area contributed by atoms with Crippen LogP contribution in [0.4, 0.5) is 0 Å². The van der Waals surface area contributed by atoms with E-state index in [4.69, 9.17) is 0 Å². The fourth-order valence-corrected chi connectivity index (χ4v) is 4.33. The van der Waals surface area contributed by atoms with E-state index in [1.165, 1.54) is 5.56 Å². The van der Waals surface area contributed by atoms with Crippen LogP contribution in [0.25, 0.3) is 0 Å². The Morgan fingerprint density at radius 3 is 2.55 bits per heavy atom. The average Bonchev–Trinajstić information content (AvgIpc) is 3.19. The van der Waals surface area contributed by atoms with E-state index in [0.717, 1.165) is 19.3 Å². The van der Waals surface area contributed by atoms with Crippen molar-refractivity contribution in [3.8, 4) is 0 Å². The Kier molecular flexibility index (Phi) is 6.60. The highest BCUT2D eigenvalue weighted by molar-refractivity contribution is 5.94. The number of carbonyl (C=O) groups is 3. The van der Waals surface area contributed by atoms with Gasteiger partial charge in [0.25, 0.3) is 5.91 Å². The molecule has 2 aliphatic rings. The lowest BCUT2D eigenvalue weighted by molar-refractivity contribution is -0.136. The van der Waals surface area contributed by atoms with E-state index in [9.17, 15) is 14.4 Å². The third kappa shape index (κ3) is 5.29. The summed E-state index contributed by atoms with van der Waals surface area (Å²) in [6.45, 7) is 2.36. The summed E-state index contributed by atoms with van der Waals surface area (Å²) >= 11 is 0. The highest BCUT2D eigenvalue weighted by atomic mass is 16.2. The number of piperidine rings is 1. The predicted octanol–water partition coefficient (Wildman–Crippen LogP) is 1.89. The highest BCUT2D eigenvalue weighted by Gasteiger charge is 2.37. The molecule has 2 aromatic rings. The molecular weight excluding hydrogens is 392 g/mol. The summed E-state index contributed by atoms with van der Waals surface area (Å²) < 4.78 is 0. The summed E-state index contributed by atoms with van der Waals surface area (Å²) in [6.07, 6.45) is 5.72. The zero-order chi connectivity index (χ0) is 21.6. The third-order valence-corrected chi connectivity index (χ3v) is 6.14. The van der Waals surface area contributed by atoms with Crippen molar-refractivity contribution >= 4 is 17.7 Å². The molecule has 1 atom stereocenters. The van der Waals surface area contributed by atoms with Crippen molar-refractivity contribution in [2.24, 2.45) is 5.92 Å². The van der Waals surface area contributed by atoms with E-state index in [0.29, 0.717) is 38.2 Å². The van der Waals surface area contributed by atoms with Crippen LogP contribution in [0.1, 0.15) is 35.2 Å². The first-order valence-electron chi connectivity index (χ1n) is 10.9. The van der Waals surface area contributed by atoms with Crippen LogP contribution in [0, 0.1) is 5.92 Å². The maximum absolute atomic E-state index is 13.0. The molecule has 0 bridgehead atoms. The molecule has 0 spiro atoms. The van der Waals surface area contributed by atoms with E-state index >= 15 is 0 Å². The second-order valence-electron chi connectivity index (χ2n) is 8.29. The quantitative estimate of drug-likeness (QED) is 0.774. The van der Waals surface area contributed by atoms with Crippen LogP contribution in [0.2, 0.25) is 0 Å². The maximum Gasteiger partial charge on any atom is 0.253 e. The van der Waals surface area contributed by atoms with Gasteiger partial charge in [0.15, 0.2) is 0 Å². The minimum Gasteiger partial charge on any atom is -0.349 e. The van der Waals surface area contributed by atoms with Gasteiger partial charge in [0.1, 0.15) is 0 Å². The van der Waals surface area contributed by atoms with E-state index in [2.05, 4.69) is 22.4 Å². The average molecular weight is 421 g/mol. The molecule has 3 heterocycles. The molecule has 3 amide bonds. The molecule has 7 heteroatoms. The van der Waals surface area contributed by atoms with Gasteiger partial charge in [-0.25, -0.2) is 0 Å². The predicted molar refractivity (Wildman–Crippen MR) is 116 cm³/mol. The Bertz CT molecular complexity index is 911. The number of hydrogen-bond donors (Lipinski definition) is 1. The minimum atomic E-state index is -0.259. The van der Waals surface area contributed by atoms with Crippen LogP contribution in [-0.2, 0) is 16.0 Å². The fourth-order valence-electron chi connectivity index (χ4n) is 4.33. The number of likely N-dealkylation sites (tertiary alicyclic amines) is 2. The Balaban J connectivity index is 1.23. The summed E-state index contributed by atoms with van der Waals surface area (Å²) in [5.74, 6) is -0.265. The SMILES string of the molecule is O=C(NC1CCN(C(=O)C2CC(=O)N(CCc3ccccc3)C2)CC1)c1cccnc1. The summed E-state index contributed by atoms with van der Waals surface area (Å²) in [6, 6.07) is 13.6. The van der Waals surface area contributed by atoms with E-state index < -0.39 is 0 Å². The van der Waals surface area contributed by atoms with Crippen molar-refractivity contribution in [2.45, 2.75) is 31.7 Å². The number of hydrogen-bond acceptors (Lipinski definition) is 4. The number of nitrogens with one attached hydrogen (secondary N) is 1. The second kappa shape index (κ2) is 9.73. The van der Waals surface area contributed by atoms with E-state index in [1.807, 2.05) is 28.0 Å². The monoisotopic (exact) mass is 420 g/mol. The number of nitrogens with zero attached hydrogens (tertiary/aromatic N) is 3. The molecule has 2 saturated heterocycles. The second-order valence-corrected chi connectivity index (χ2v) is 8.29. The topological polar surface area (TPSA) is 82.6 Å². The van der Waals surface area contributed by atoms with Gasteiger partial charge >= 0.3 is 0 Å². The molecule has 162 valence electrons. The number of amides is 3. The van der Waals surface area contributed by atoms with Crippen molar-refractivity contribution in [3.05, 3.63) is 66.0 Å². The van der Waals surface area contributed by atoms with Crippen molar-refractivity contribution in [2.75, 3.05) is 26.2 Å². The van der Waals surface area contributed by atoms with Crippen LogP contribution in [0.15, 0.2) is 54.9 Å². The maximum atomic E-state index is 13.0. The molecule has 1 unspecified atom stereocenters. The molecular formula is C24H28N4O3. The smallest absolute Gasteiger partial charge is 0.253 e. The lowest BCUT2D eigenvalue weighted by atomic mass is 10.0. The van der Waals surface area contributed by atoms with Crippen molar-refractivity contribution in [1.82, 2.24) is 20.1 Å². The van der Waals surface area contributed by atoms with Crippen LogP contribution >= 0.6 is 0 Å². The molecule has 0 aliphatic carbocycles. The van der Waals surface area contributed by atoms with Crippen LogP contribution < -0.4 is 5.32 Å². The first kappa shape index (κ1) is 21.0. The summed E-state index contributed by atoms with van der Waals surface area (Å²) in [4.78, 5) is 45.3. The molecule has 2 fully saturated rings. The third-order valence-electron chi connectivity index (χ3n) is 6.14.